The summed E-state index contributed by atoms with van der Waals surface area (Å²) in [7, 11) is 0. The van der Waals surface area contributed by atoms with Crippen molar-refractivity contribution in [1.82, 2.24) is 5.32 Å². The number of thiophene rings is 1. The molecule has 1 aromatic rings. The maximum atomic E-state index is 12.0. The van der Waals surface area contributed by atoms with E-state index in [0.717, 1.165) is 12.8 Å². The summed E-state index contributed by atoms with van der Waals surface area (Å²) in [4.78, 5) is 13.2. The van der Waals surface area contributed by atoms with Crippen LogP contribution >= 0.6 is 11.3 Å². The fraction of sp³-hybridized carbons (Fsp3) is 0.688. The minimum atomic E-state index is 0.102. The summed E-state index contributed by atoms with van der Waals surface area (Å²) < 4.78 is 0. The molecule has 0 bridgehead atoms. The van der Waals surface area contributed by atoms with Crippen LogP contribution in [0.25, 0.3) is 0 Å². The summed E-state index contributed by atoms with van der Waals surface area (Å²) in [6, 6.07) is 4.17. The number of nitrogens with two attached hydrogens (primary N) is 1. The lowest BCUT2D eigenvalue weighted by atomic mass is 9.76. The van der Waals surface area contributed by atoms with Crippen molar-refractivity contribution in [1.29, 1.82) is 0 Å². The molecule has 0 spiro atoms. The van der Waals surface area contributed by atoms with Crippen molar-refractivity contribution in [2.75, 3.05) is 6.54 Å². The molecule has 4 heteroatoms. The highest BCUT2D eigenvalue weighted by Gasteiger charge is 2.24. The number of carbonyl (C=O) groups excluding carboxylic acids is 1. The van der Waals surface area contributed by atoms with Gasteiger partial charge in [-0.1, -0.05) is 26.8 Å². The summed E-state index contributed by atoms with van der Waals surface area (Å²) in [6.07, 6.45) is 2.47. The molecule has 3 N–H and O–H groups in total. The zero-order chi connectivity index (χ0) is 15.2. The van der Waals surface area contributed by atoms with Gasteiger partial charge < -0.3 is 11.1 Å². The van der Waals surface area contributed by atoms with Crippen LogP contribution in [0.3, 0.4) is 0 Å². The number of rotatable bonds is 7. The molecule has 114 valence electrons. The van der Waals surface area contributed by atoms with Crippen LogP contribution in [0.1, 0.15) is 57.9 Å². The maximum Gasteiger partial charge on any atom is 0.220 e. The Hall–Kier alpha value is -0.870. The molecule has 1 amide bonds. The predicted octanol–water partition coefficient (Wildman–Crippen LogP) is 3.72. The Morgan fingerprint density at radius 1 is 1.40 bits per heavy atom. The van der Waals surface area contributed by atoms with E-state index in [1.165, 1.54) is 4.88 Å². The van der Waals surface area contributed by atoms with Gasteiger partial charge in [0.2, 0.25) is 5.91 Å². The van der Waals surface area contributed by atoms with Crippen molar-refractivity contribution in [3.05, 3.63) is 22.4 Å². The zero-order valence-electron chi connectivity index (χ0n) is 13.1. The van der Waals surface area contributed by atoms with Gasteiger partial charge >= 0.3 is 0 Å². The molecule has 0 aliphatic rings. The van der Waals surface area contributed by atoms with E-state index in [1.807, 2.05) is 18.4 Å². The van der Waals surface area contributed by atoms with Gasteiger partial charge in [0, 0.05) is 11.3 Å². The molecule has 0 radical (unpaired) electrons. The summed E-state index contributed by atoms with van der Waals surface area (Å²) >= 11 is 1.68. The molecule has 1 aromatic heterocycles. The van der Waals surface area contributed by atoms with Gasteiger partial charge in [0.1, 0.15) is 0 Å². The quantitative estimate of drug-likeness (QED) is 0.805. The Bertz CT molecular complexity index is 395. The van der Waals surface area contributed by atoms with Crippen molar-refractivity contribution < 1.29 is 4.79 Å². The van der Waals surface area contributed by atoms with Crippen LogP contribution in [0.2, 0.25) is 0 Å². The fourth-order valence-corrected chi connectivity index (χ4v) is 3.17. The number of carbonyl (C=O) groups is 1. The van der Waals surface area contributed by atoms with Crippen molar-refractivity contribution in [3.63, 3.8) is 0 Å². The highest BCUT2D eigenvalue weighted by atomic mass is 32.1. The second kappa shape index (κ2) is 7.79. The third-order valence-corrected chi connectivity index (χ3v) is 4.86. The minimum Gasteiger partial charge on any atom is -0.349 e. The molecule has 3 nitrogen and oxygen atoms in total. The van der Waals surface area contributed by atoms with Gasteiger partial charge in [0.15, 0.2) is 0 Å². The topological polar surface area (TPSA) is 55.1 Å². The highest BCUT2D eigenvalue weighted by molar-refractivity contribution is 7.10. The van der Waals surface area contributed by atoms with Crippen LogP contribution in [0.4, 0.5) is 0 Å². The normalized spacial score (nSPS) is 14.8. The molecule has 0 aromatic carbocycles. The molecular weight excluding hydrogens is 268 g/mol. The van der Waals surface area contributed by atoms with Gasteiger partial charge in [-0.2, -0.15) is 0 Å². The van der Waals surface area contributed by atoms with Crippen LogP contribution in [-0.2, 0) is 4.79 Å². The van der Waals surface area contributed by atoms with Crippen molar-refractivity contribution >= 4 is 17.2 Å². The number of nitrogens with one attached hydrogen (secondary N) is 1. The second-order valence-corrected chi connectivity index (χ2v) is 7.46. The molecule has 0 aliphatic carbocycles. The van der Waals surface area contributed by atoms with Crippen LogP contribution in [0, 0.1) is 11.3 Å². The first-order valence-electron chi connectivity index (χ1n) is 7.37. The first kappa shape index (κ1) is 17.2. The third kappa shape index (κ3) is 5.63. The summed E-state index contributed by atoms with van der Waals surface area (Å²) in [5.74, 6) is 0.632. The van der Waals surface area contributed by atoms with Crippen LogP contribution in [0.5, 0.6) is 0 Å². The number of hydrogen-bond acceptors (Lipinski definition) is 3. The SMILES string of the molecule is C[C@H](NC(=O)CCC(CCN)C(C)(C)C)c1cccs1. The summed E-state index contributed by atoms with van der Waals surface area (Å²) in [6.45, 7) is 9.39. The van der Waals surface area contributed by atoms with Crippen LogP contribution in [0.15, 0.2) is 17.5 Å². The molecule has 20 heavy (non-hydrogen) atoms. The van der Waals surface area contributed by atoms with Crippen molar-refractivity contribution in [2.24, 2.45) is 17.1 Å². The number of amides is 1. The molecule has 1 unspecified atom stereocenters. The smallest absolute Gasteiger partial charge is 0.220 e. The van der Waals surface area contributed by atoms with Gasteiger partial charge in [-0.05, 0) is 49.1 Å². The van der Waals surface area contributed by atoms with E-state index in [0.29, 0.717) is 18.9 Å². The van der Waals surface area contributed by atoms with Gasteiger partial charge in [-0.25, -0.2) is 0 Å². The van der Waals surface area contributed by atoms with Crippen LogP contribution in [-0.4, -0.2) is 12.5 Å². The predicted molar refractivity (Wildman–Crippen MR) is 86.7 cm³/mol. The maximum absolute atomic E-state index is 12.0. The van der Waals surface area contributed by atoms with Gasteiger partial charge in [0.25, 0.3) is 0 Å². The zero-order valence-corrected chi connectivity index (χ0v) is 13.9. The standard InChI is InChI=1S/C16H28N2OS/c1-12(14-6-5-11-20-14)18-15(19)8-7-13(9-10-17)16(2,3)4/h5-6,11-13H,7-10,17H2,1-4H3,(H,18,19)/t12-,13?/m0/s1. The second-order valence-electron chi connectivity index (χ2n) is 6.48. The molecule has 1 heterocycles. The highest BCUT2D eigenvalue weighted by Crippen LogP contribution is 2.32. The molecule has 2 atom stereocenters. The summed E-state index contributed by atoms with van der Waals surface area (Å²) in [5.41, 5.74) is 5.89. The van der Waals surface area contributed by atoms with E-state index in [4.69, 9.17) is 5.73 Å². The van der Waals surface area contributed by atoms with E-state index in [1.54, 1.807) is 11.3 Å². The lowest BCUT2D eigenvalue weighted by Gasteiger charge is -2.30. The minimum absolute atomic E-state index is 0.102. The first-order valence-corrected chi connectivity index (χ1v) is 8.25. The molecular formula is C16H28N2OS. The monoisotopic (exact) mass is 296 g/mol. The largest absolute Gasteiger partial charge is 0.349 e. The van der Waals surface area contributed by atoms with E-state index >= 15 is 0 Å². The molecule has 0 saturated heterocycles. The van der Waals surface area contributed by atoms with Crippen molar-refractivity contribution in [2.45, 2.75) is 53.0 Å². The fourth-order valence-electron chi connectivity index (χ4n) is 2.44. The Kier molecular flexibility index (Phi) is 6.69. The molecule has 0 saturated carbocycles. The Balaban J connectivity index is 2.42. The van der Waals surface area contributed by atoms with Gasteiger partial charge in [-0.3, -0.25) is 4.79 Å². The van der Waals surface area contributed by atoms with E-state index in [2.05, 4.69) is 32.2 Å². The molecule has 1 rings (SSSR count). The average Bonchev–Trinajstić information content (AvgIpc) is 2.86. The lowest BCUT2D eigenvalue weighted by Crippen LogP contribution is -2.29. The van der Waals surface area contributed by atoms with Gasteiger partial charge in [-0.15, -0.1) is 11.3 Å². The third-order valence-electron chi connectivity index (χ3n) is 3.81. The average molecular weight is 296 g/mol. The Morgan fingerprint density at radius 2 is 2.10 bits per heavy atom. The van der Waals surface area contributed by atoms with Gasteiger partial charge in [0.05, 0.1) is 6.04 Å². The van der Waals surface area contributed by atoms with Crippen LogP contribution < -0.4 is 11.1 Å². The van der Waals surface area contributed by atoms with E-state index < -0.39 is 0 Å². The van der Waals surface area contributed by atoms with E-state index in [9.17, 15) is 4.79 Å². The Labute approximate surface area is 127 Å². The van der Waals surface area contributed by atoms with E-state index in [-0.39, 0.29) is 17.4 Å². The molecule has 0 fully saturated rings. The molecule has 0 aliphatic heterocycles. The number of hydrogen-bond donors (Lipinski definition) is 2. The van der Waals surface area contributed by atoms with Crippen molar-refractivity contribution in [3.8, 4) is 0 Å². The lowest BCUT2D eigenvalue weighted by molar-refractivity contribution is -0.122. The Morgan fingerprint density at radius 3 is 2.60 bits per heavy atom. The first-order chi connectivity index (χ1) is 9.34. The summed E-state index contributed by atoms with van der Waals surface area (Å²) in [5, 5.41) is 5.11.